The van der Waals surface area contributed by atoms with Gasteiger partial charge in [-0.1, -0.05) is 78.4 Å². The normalized spacial score (nSPS) is 13.3. The summed E-state index contributed by atoms with van der Waals surface area (Å²) in [4.78, 5) is 25.0. The molecule has 0 aliphatic heterocycles. The van der Waals surface area contributed by atoms with E-state index in [-0.39, 0.29) is 9.20 Å². The molecule has 0 aromatic heterocycles. The first kappa shape index (κ1) is 28.9. The molecule has 0 saturated carbocycles. The third kappa shape index (κ3) is 7.91. The fourth-order valence-electron chi connectivity index (χ4n) is 3.27. The van der Waals surface area contributed by atoms with Crippen LogP contribution < -0.4 is 0 Å². The lowest BCUT2D eigenvalue weighted by Gasteiger charge is -2.36. The van der Waals surface area contributed by atoms with E-state index in [1.54, 1.807) is 49.4 Å². The molecule has 0 N–H and O–H groups in total. The molecule has 3 aromatic carbocycles. The largest absolute Gasteiger partial charge is 0.490 e. The smallest absolute Gasteiger partial charge is 0.448 e. The third-order valence-electron chi connectivity index (χ3n) is 5.08. The Labute approximate surface area is 218 Å². The number of ether oxygens (including phenoxy) is 2. The van der Waals surface area contributed by atoms with Gasteiger partial charge in [0.1, 0.15) is 6.61 Å². The highest BCUT2D eigenvalue weighted by Crippen LogP contribution is 2.42. The average Bonchev–Trinajstić information content (AvgIpc) is 2.87. The molecule has 0 spiro atoms. The molecule has 0 bridgehead atoms. The lowest BCUT2D eigenvalue weighted by atomic mass is 10.0. The van der Waals surface area contributed by atoms with Crippen molar-refractivity contribution in [1.29, 1.82) is 0 Å². The van der Waals surface area contributed by atoms with E-state index in [1.165, 1.54) is 30.3 Å². The number of rotatable bonds is 8. The van der Waals surface area contributed by atoms with Crippen molar-refractivity contribution in [1.82, 2.24) is 4.31 Å². The molecule has 202 valence electrons. The number of hydrogen-bond donors (Lipinski definition) is 0. The summed E-state index contributed by atoms with van der Waals surface area (Å²) in [5.41, 5.74) is 0.840. The van der Waals surface area contributed by atoms with Gasteiger partial charge in [-0.15, -0.1) is 0 Å². The molecule has 3 rings (SSSR count). The van der Waals surface area contributed by atoms with Crippen molar-refractivity contribution >= 4 is 24.0 Å². The standard InChI is InChI=1S/C26H21F6NO4S/c1-17-12-14-20(15-13-17)38-33(24(35)36-16-18-8-4-2-5-9-18)22(25(27,28)29)21(19-10-6-3-7-11-19)37-23(34)26(30,31)32/h2-15,21-22H,16H2,1H3/t21-,22-/m1/s1. The summed E-state index contributed by atoms with van der Waals surface area (Å²) in [6, 6.07) is 17.1. The second-order valence-corrected chi connectivity index (χ2v) is 9.04. The van der Waals surface area contributed by atoms with E-state index in [0.717, 1.165) is 17.7 Å². The van der Waals surface area contributed by atoms with Gasteiger partial charge in [0, 0.05) is 4.90 Å². The minimum Gasteiger partial charge on any atom is -0.448 e. The van der Waals surface area contributed by atoms with Gasteiger partial charge >= 0.3 is 24.4 Å². The number of carbonyl (C=O) groups excluding carboxylic acids is 2. The van der Waals surface area contributed by atoms with E-state index >= 15 is 0 Å². The lowest BCUT2D eigenvalue weighted by Crippen LogP contribution is -2.50. The van der Waals surface area contributed by atoms with Crippen LogP contribution in [0, 0.1) is 6.92 Å². The maximum Gasteiger partial charge on any atom is 0.490 e. The van der Waals surface area contributed by atoms with Crippen LogP contribution in [0.5, 0.6) is 0 Å². The van der Waals surface area contributed by atoms with E-state index < -0.39 is 48.7 Å². The summed E-state index contributed by atoms with van der Waals surface area (Å²) in [6.07, 6.45) is -15.0. The van der Waals surface area contributed by atoms with E-state index in [9.17, 15) is 35.9 Å². The molecule has 0 saturated heterocycles. The Hall–Kier alpha value is -3.67. The number of carbonyl (C=O) groups is 2. The molecule has 0 aliphatic carbocycles. The molecule has 2 atom stereocenters. The van der Waals surface area contributed by atoms with Crippen LogP contribution in [0.4, 0.5) is 31.1 Å². The first-order valence-corrected chi connectivity index (χ1v) is 11.8. The van der Waals surface area contributed by atoms with Gasteiger partial charge in [0.25, 0.3) is 0 Å². The van der Waals surface area contributed by atoms with Crippen LogP contribution in [0.2, 0.25) is 0 Å². The number of alkyl halides is 6. The number of halogens is 6. The number of amides is 1. The first-order valence-electron chi connectivity index (χ1n) is 11.0. The minimum atomic E-state index is -5.58. The Balaban J connectivity index is 2.07. The number of nitrogens with zero attached hydrogens (tertiary/aromatic N) is 1. The molecule has 3 aromatic rings. The molecular formula is C26H21F6NO4S. The minimum absolute atomic E-state index is 0.148. The quantitative estimate of drug-likeness (QED) is 0.164. The fourth-order valence-corrected chi connectivity index (χ4v) is 4.23. The molecule has 12 heteroatoms. The maximum atomic E-state index is 14.6. The zero-order valence-corrected chi connectivity index (χ0v) is 20.5. The molecular weight excluding hydrogens is 536 g/mol. The highest BCUT2D eigenvalue weighted by Gasteiger charge is 2.55. The topological polar surface area (TPSA) is 55.8 Å². The Morgan fingerprint density at radius 1 is 0.842 bits per heavy atom. The Morgan fingerprint density at radius 2 is 1.39 bits per heavy atom. The van der Waals surface area contributed by atoms with Crippen molar-refractivity contribution in [3.63, 3.8) is 0 Å². The van der Waals surface area contributed by atoms with Crippen LogP contribution in [0.15, 0.2) is 89.8 Å². The molecule has 38 heavy (non-hydrogen) atoms. The highest BCUT2D eigenvalue weighted by molar-refractivity contribution is 7.97. The SMILES string of the molecule is Cc1ccc(SN(C(=O)OCc2ccccc2)[C@H]([C@H](OC(=O)C(F)(F)F)c2ccccc2)C(F)(F)F)cc1. The second kappa shape index (κ2) is 12.2. The summed E-state index contributed by atoms with van der Waals surface area (Å²) < 4.78 is 92.7. The molecule has 0 aliphatic rings. The van der Waals surface area contributed by atoms with Gasteiger partial charge < -0.3 is 9.47 Å². The molecule has 0 heterocycles. The van der Waals surface area contributed by atoms with Crippen molar-refractivity contribution in [3.05, 3.63) is 102 Å². The number of hydrogen-bond acceptors (Lipinski definition) is 5. The zero-order chi connectivity index (χ0) is 27.9. The molecule has 5 nitrogen and oxygen atoms in total. The van der Waals surface area contributed by atoms with E-state index in [2.05, 4.69) is 4.74 Å². The first-order chi connectivity index (χ1) is 17.9. The van der Waals surface area contributed by atoms with Crippen LogP contribution in [-0.2, 0) is 20.9 Å². The monoisotopic (exact) mass is 557 g/mol. The van der Waals surface area contributed by atoms with Gasteiger partial charge in [-0.05, 0) is 42.1 Å². The average molecular weight is 558 g/mol. The Bertz CT molecular complexity index is 1200. The molecule has 0 unspecified atom stereocenters. The lowest BCUT2D eigenvalue weighted by molar-refractivity contribution is -0.226. The van der Waals surface area contributed by atoms with Crippen LogP contribution in [0.3, 0.4) is 0 Å². The molecule has 1 amide bonds. The third-order valence-corrected chi connectivity index (χ3v) is 6.13. The maximum absolute atomic E-state index is 14.6. The van der Waals surface area contributed by atoms with Crippen molar-refractivity contribution in [2.24, 2.45) is 0 Å². The van der Waals surface area contributed by atoms with Gasteiger partial charge in [0.05, 0.1) is 0 Å². The van der Waals surface area contributed by atoms with Crippen LogP contribution in [0.25, 0.3) is 0 Å². The van der Waals surface area contributed by atoms with Gasteiger partial charge in [-0.3, -0.25) is 0 Å². The summed E-state index contributed by atoms with van der Waals surface area (Å²) in [6.45, 7) is 1.33. The van der Waals surface area contributed by atoms with Crippen molar-refractivity contribution in [2.45, 2.75) is 42.9 Å². The van der Waals surface area contributed by atoms with Crippen LogP contribution in [0.1, 0.15) is 22.8 Å². The number of benzene rings is 3. The van der Waals surface area contributed by atoms with Gasteiger partial charge in [0.15, 0.2) is 12.1 Å². The van der Waals surface area contributed by atoms with Crippen LogP contribution in [-0.4, -0.2) is 34.8 Å². The number of aryl methyl sites for hydroxylation is 1. The van der Waals surface area contributed by atoms with Gasteiger partial charge in [-0.2, -0.15) is 26.3 Å². The Morgan fingerprint density at radius 3 is 1.92 bits per heavy atom. The number of esters is 1. The molecule has 0 radical (unpaired) electrons. The van der Waals surface area contributed by atoms with Crippen LogP contribution >= 0.6 is 11.9 Å². The second-order valence-electron chi connectivity index (χ2n) is 7.99. The molecule has 0 fully saturated rings. The van der Waals surface area contributed by atoms with Crippen molar-refractivity contribution in [2.75, 3.05) is 0 Å². The van der Waals surface area contributed by atoms with E-state index in [0.29, 0.717) is 17.5 Å². The predicted octanol–water partition coefficient (Wildman–Crippen LogP) is 7.42. The Kier molecular flexibility index (Phi) is 9.31. The summed E-state index contributed by atoms with van der Waals surface area (Å²) in [5.74, 6) is -2.83. The van der Waals surface area contributed by atoms with Gasteiger partial charge in [-0.25, -0.2) is 13.9 Å². The summed E-state index contributed by atoms with van der Waals surface area (Å²) in [5, 5.41) is 0. The van der Waals surface area contributed by atoms with E-state index in [1.807, 2.05) is 0 Å². The predicted molar refractivity (Wildman–Crippen MR) is 127 cm³/mol. The van der Waals surface area contributed by atoms with Gasteiger partial charge in [0.2, 0.25) is 0 Å². The zero-order valence-electron chi connectivity index (χ0n) is 19.7. The van der Waals surface area contributed by atoms with Crippen molar-refractivity contribution < 1.29 is 45.4 Å². The fraction of sp³-hybridized carbons (Fsp3) is 0.231. The highest BCUT2D eigenvalue weighted by atomic mass is 32.2. The van der Waals surface area contributed by atoms with Crippen molar-refractivity contribution in [3.8, 4) is 0 Å². The van der Waals surface area contributed by atoms with E-state index in [4.69, 9.17) is 4.74 Å². The summed E-state index contributed by atoms with van der Waals surface area (Å²) >= 11 is 0.299. The summed E-state index contributed by atoms with van der Waals surface area (Å²) in [7, 11) is 0.